The van der Waals surface area contributed by atoms with Crippen LogP contribution in [0.3, 0.4) is 0 Å². The van der Waals surface area contributed by atoms with Gasteiger partial charge in [-0.15, -0.1) is 22.7 Å². The molecular formula is C27H31N3O2S3. The van der Waals surface area contributed by atoms with E-state index in [1.54, 1.807) is 22.7 Å². The highest BCUT2D eigenvalue weighted by Crippen LogP contribution is 2.35. The summed E-state index contributed by atoms with van der Waals surface area (Å²) < 4.78 is 4.04. The quantitative estimate of drug-likeness (QED) is 0.144. The molecule has 0 unspecified atom stereocenters. The van der Waals surface area contributed by atoms with Crippen LogP contribution in [0.5, 0.6) is 0 Å². The minimum Gasteiger partial charge on any atom is -0.343 e. The number of rotatable bonds is 8. The van der Waals surface area contributed by atoms with Gasteiger partial charge in [-0.3, -0.25) is 14.2 Å². The van der Waals surface area contributed by atoms with Gasteiger partial charge in [-0.1, -0.05) is 24.8 Å². The SMILES string of the molecule is CC[C@@H](C)n1c(SCC(=O)c2cc(C)n(Cc3cccs3)c2C)nc2sc3c(c2c1=O)CCCC3. The monoisotopic (exact) mass is 525 g/mol. The van der Waals surface area contributed by atoms with Gasteiger partial charge in [-0.25, -0.2) is 4.98 Å². The molecule has 0 spiro atoms. The van der Waals surface area contributed by atoms with Crippen molar-refractivity contribution in [1.82, 2.24) is 14.1 Å². The Balaban J connectivity index is 1.45. The summed E-state index contributed by atoms with van der Waals surface area (Å²) in [5.41, 5.74) is 4.13. The summed E-state index contributed by atoms with van der Waals surface area (Å²) in [5.74, 6) is 0.346. The number of carbonyl (C=O) groups excluding carboxylic acids is 1. The van der Waals surface area contributed by atoms with E-state index in [0.29, 0.717) is 5.16 Å². The number of hydrogen-bond acceptors (Lipinski definition) is 6. The molecule has 4 aromatic heterocycles. The number of thioether (sulfide) groups is 1. The lowest BCUT2D eigenvalue weighted by Crippen LogP contribution is -2.26. The number of nitrogens with zero attached hydrogens (tertiary/aromatic N) is 3. The third kappa shape index (κ3) is 4.56. The molecule has 5 rings (SSSR count). The highest BCUT2D eigenvalue weighted by molar-refractivity contribution is 7.99. The third-order valence-corrected chi connectivity index (χ3v) is 10.1. The van der Waals surface area contributed by atoms with Crippen molar-refractivity contribution >= 4 is 50.4 Å². The first-order valence-electron chi connectivity index (χ1n) is 12.3. The smallest absolute Gasteiger partial charge is 0.263 e. The highest BCUT2D eigenvalue weighted by Gasteiger charge is 2.24. The van der Waals surface area contributed by atoms with E-state index < -0.39 is 0 Å². The number of fused-ring (bicyclic) bond motifs is 3. The number of aromatic nitrogens is 3. The van der Waals surface area contributed by atoms with Crippen molar-refractivity contribution in [2.45, 2.75) is 77.5 Å². The van der Waals surface area contributed by atoms with Gasteiger partial charge in [0, 0.05) is 32.7 Å². The minimum absolute atomic E-state index is 0.0343. The van der Waals surface area contributed by atoms with Crippen LogP contribution >= 0.6 is 34.4 Å². The highest BCUT2D eigenvalue weighted by atomic mass is 32.2. The maximum atomic E-state index is 13.7. The Morgan fingerprint density at radius 1 is 1.26 bits per heavy atom. The molecule has 35 heavy (non-hydrogen) atoms. The zero-order valence-corrected chi connectivity index (χ0v) is 23.2. The molecule has 0 saturated heterocycles. The zero-order valence-electron chi connectivity index (χ0n) is 20.7. The molecule has 0 bridgehead atoms. The normalized spacial score (nSPS) is 14.4. The second-order valence-corrected chi connectivity index (χ2v) is 12.4. The molecule has 0 aromatic carbocycles. The first-order chi connectivity index (χ1) is 16.9. The average molecular weight is 526 g/mol. The van der Waals surface area contributed by atoms with Crippen molar-refractivity contribution in [2.24, 2.45) is 0 Å². The predicted molar refractivity (Wildman–Crippen MR) is 148 cm³/mol. The summed E-state index contributed by atoms with van der Waals surface area (Å²) in [6.07, 6.45) is 5.17. The molecule has 5 nitrogen and oxygen atoms in total. The van der Waals surface area contributed by atoms with Gasteiger partial charge in [-0.05, 0) is 76.0 Å². The fourth-order valence-corrected chi connectivity index (χ4v) is 7.94. The van der Waals surface area contributed by atoms with Crippen LogP contribution in [0.15, 0.2) is 33.5 Å². The van der Waals surface area contributed by atoms with Crippen molar-refractivity contribution in [3.8, 4) is 0 Å². The number of thiophene rings is 2. The van der Waals surface area contributed by atoms with Crippen LogP contribution in [0.25, 0.3) is 10.2 Å². The minimum atomic E-state index is 0.0343. The van der Waals surface area contributed by atoms with Crippen molar-refractivity contribution in [2.75, 3.05) is 5.75 Å². The largest absolute Gasteiger partial charge is 0.343 e. The second-order valence-electron chi connectivity index (χ2n) is 9.38. The number of Topliss-reactive ketones (excluding diaryl/α,β-unsaturated/α-hetero) is 1. The predicted octanol–water partition coefficient (Wildman–Crippen LogP) is 6.81. The van der Waals surface area contributed by atoms with Crippen LogP contribution in [0.2, 0.25) is 0 Å². The molecule has 184 valence electrons. The number of carbonyl (C=O) groups is 1. The van der Waals surface area contributed by atoms with E-state index in [2.05, 4.69) is 42.9 Å². The molecule has 0 saturated carbocycles. The Labute approximate surface area is 218 Å². The van der Waals surface area contributed by atoms with Gasteiger partial charge in [0.25, 0.3) is 5.56 Å². The van der Waals surface area contributed by atoms with E-state index in [-0.39, 0.29) is 23.1 Å². The van der Waals surface area contributed by atoms with Crippen LogP contribution < -0.4 is 5.56 Å². The Morgan fingerprint density at radius 3 is 2.80 bits per heavy atom. The summed E-state index contributed by atoms with van der Waals surface area (Å²) in [6.45, 7) is 9.02. The molecule has 0 fully saturated rings. The van der Waals surface area contributed by atoms with E-state index >= 15 is 0 Å². The van der Waals surface area contributed by atoms with Crippen molar-refractivity contribution < 1.29 is 4.79 Å². The van der Waals surface area contributed by atoms with E-state index in [0.717, 1.165) is 59.4 Å². The van der Waals surface area contributed by atoms with Crippen LogP contribution in [0.4, 0.5) is 0 Å². The molecule has 8 heteroatoms. The van der Waals surface area contributed by atoms with Gasteiger partial charge in [0.05, 0.1) is 17.7 Å². The molecule has 1 atom stereocenters. The van der Waals surface area contributed by atoms with E-state index in [1.165, 1.54) is 33.5 Å². The van der Waals surface area contributed by atoms with Gasteiger partial charge in [0.2, 0.25) is 0 Å². The summed E-state index contributed by atoms with van der Waals surface area (Å²) in [5, 5.41) is 3.56. The molecular weight excluding hydrogens is 495 g/mol. The van der Waals surface area contributed by atoms with Gasteiger partial charge in [-0.2, -0.15) is 0 Å². The van der Waals surface area contributed by atoms with Gasteiger partial charge >= 0.3 is 0 Å². The molecule has 0 N–H and O–H groups in total. The van der Waals surface area contributed by atoms with Gasteiger partial charge in [0.1, 0.15) is 4.83 Å². The molecule has 0 amide bonds. The lowest BCUT2D eigenvalue weighted by molar-refractivity contribution is 0.102. The Bertz CT molecular complexity index is 1440. The number of hydrogen-bond donors (Lipinski definition) is 0. The van der Waals surface area contributed by atoms with Crippen LogP contribution in [-0.2, 0) is 19.4 Å². The van der Waals surface area contributed by atoms with E-state index in [4.69, 9.17) is 4.98 Å². The summed E-state index contributed by atoms with van der Waals surface area (Å²) in [6, 6.07) is 6.21. The first-order valence-corrected chi connectivity index (χ1v) is 15.0. The third-order valence-electron chi connectivity index (χ3n) is 7.12. The Hall–Kier alpha value is -2.16. The molecule has 0 aliphatic heterocycles. The molecule has 1 aliphatic rings. The average Bonchev–Trinajstić information content (AvgIpc) is 3.56. The molecule has 4 heterocycles. The Morgan fingerprint density at radius 2 is 2.06 bits per heavy atom. The van der Waals surface area contributed by atoms with E-state index in [1.807, 2.05) is 17.6 Å². The maximum absolute atomic E-state index is 13.7. The lowest BCUT2D eigenvalue weighted by Gasteiger charge is -2.18. The zero-order chi connectivity index (χ0) is 24.7. The van der Waals surface area contributed by atoms with Gasteiger partial charge < -0.3 is 4.57 Å². The van der Waals surface area contributed by atoms with Gasteiger partial charge in [0.15, 0.2) is 10.9 Å². The summed E-state index contributed by atoms with van der Waals surface area (Å²) >= 11 is 4.80. The number of ketones is 1. The van der Waals surface area contributed by atoms with Crippen molar-refractivity contribution in [1.29, 1.82) is 0 Å². The first kappa shape index (κ1) is 24.5. The summed E-state index contributed by atoms with van der Waals surface area (Å²) in [7, 11) is 0. The number of aryl methyl sites for hydroxylation is 3. The van der Waals surface area contributed by atoms with Crippen LogP contribution in [0.1, 0.15) is 76.2 Å². The van der Waals surface area contributed by atoms with Crippen molar-refractivity contribution in [3.05, 3.63) is 66.2 Å². The van der Waals surface area contributed by atoms with Crippen molar-refractivity contribution in [3.63, 3.8) is 0 Å². The topological polar surface area (TPSA) is 56.9 Å². The standard InChI is InChI=1S/C27H31N3O2S3/c1-5-16(2)30-26(32)24-20-10-6-7-11-23(20)35-25(24)28-27(30)34-15-22(31)21-13-17(3)29(18(21)4)14-19-9-8-12-33-19/h8-9,12-13,16H,5-7,10-11,14-15H2,1-4H3/t16-/m1/s1. The second kappa shape index (κ2) is 10.1. The lowest BCUT2D eigenvalue weighted by atomic mass is 9.97. The Kier molecular flexibility index (Phi) is 7.06. The fourth-order valence-electron chi connectivity index (χ4n) is 4.96. The van der Waals surface area contributed by atoms with Crippen LogP contribution in [0, 0.1) is 13.8 Å². The molecule has 4 aromatic rings. The molecule has 1 aliphatic carbocycles. The summed E-state index contributed by atoms with van der Waals surface area (Å²) in [4.78, 5) is 35.4. The van der Waals surface area contributed by atoms with E-state index in [9.17, 15) is 9.59 Å². The molecule has 0 radical (unpaired) electrons. The van der Waals surface area contributed by atoms with Crippen LogP contribution in [-0.4, -0.2) is 25.7 Å². The maximum Gasteiger partial charge on any atom is 0.263 e. The fraction of sp³-hybridized carbons (Fsp3) is 0.444.